The molecular weight excluding hydrogens is 361 g/mol. The van der Waals surface area contributed by atoms with Crippen molar-refractivity contribution in [1.82, 2.24) is 14.8 Å². The van der Waals surface area contributed by atoms with Crippen LogP contribution in [0.15, 0.2) is 60.0 Å². The summed E-state index contributed by atoms with van der Waals surface area (Å²) in [5, 5.41) is 3.19. The van der Waals surface area contributed by atoms with Crippen LogP contribution in [0.2, 0.25) is 0 Å². The van der Waals surface area contributed by atoms with Gasteiger partial charge in [0.05, 0.1) is 12.2 Å². The first-order valence-electron chi connectivity index (χ1n) is 8.96. The standard InChI is InChI=1S/C21H20FN3OS/c22-18-8-6-17(7-9-18)21(26)25-12-10-24(11-13-25)14-20-23-19(15-27-20)16-4-2-1-3-5-16/h1-9,15H,10-14H2. The normalized spacial score (nSPS) is 15.1. The summed E-state index contributed by atoms with van der Waals surface area (Å²) < 4.78 is 13.0. The molecule has 1 aromatic heterocycles. The van der Waals surface area contributed by atoms with E-state index in [9.17, 15) is 9.18 Å². The number of piperazine rings is 1. The Morgan fingerprint density at radius 1 is 1.00 bits per heavy atom. The van der Waals surface area contributed by atoms with Crippen LogP contribution >= 0.6 is 11.3 Å². The van der Waals surface area contributed by atoms with E-state index in [4.69, 9.17) is 4.98 Å². The number of nitrogens with zero attached hydrogens (tertiary/aromatic N) is 3. The number of aromatic nitrogens is 1. The zero-order valence-corrected chi connectivity index (χ0v) is 15.7. The van der Waals surface area contributed by atoms with Gasteiger partial charge in [0.2, 0.25) is 0 Å². The minimum Gasteiger partial charge on any atom is -0.336 e. The average Bonchev–Trinajstić information content (AvgIpc) is 3.18. The third-order valence-electron chi connectivity index (χ3n) is 4.73. The number of carbonyl (C=O) groups is 1. The molecule has 6 heteroatoms. The fourth-order valence-electron chi connectivity index (χ4n) is 3.20. The summed E-state index contributed by atoms with van der Waals surface area (Å²) in [5.41, 5.74) is 2.69. The van der Waals surface area contributed by atoms with E-state index in [0.717, 1.165) is 35.9 Å². The minimum atomic E-state index is -0.324. The molecule has 1 aliphatic heterocycles. The van der Waals surface area contributed by atoms with Crippen LogP contribution in [0.3, 0.4) is 0 Å². The molecule has 4 rings (SSSR count). The smallest absolute Gasteiger partial charge is 0.253 e. The van der Waals surface area contributed by atoms with Gasteiger partial charge in [-0.25, -0.2) is 9.37 Å². The number of amides is 1. The monoisotopic (exact) mass is 381 g/mol. The van der Waals surface area contributed by atoms with E-state index in [0.29, 0.717) is 18.7 Å². The largest absolute Gasteiger partial charge is 0.336 e. The topological polar surface area (TPSA) is 36.4 Å². The van der Waals surface area contributed by atoms with E-state index in [-0.39, 0.29) is 11.7 Å². The van der Waals surface area contributed by atoms with Crippen molar-refractivity contribution in [3.63, 3.8) is 0 Å². The maximum atomic E-state index is 13.0. The Labute approximate surface area is 161 Å². The van der Waals surface area contributed by atoms with Gasteiger partial charge in [0.1, 0.15) is 10.8 Å². The molecule has 2 heterocycles. The molecule has 0 bridgehead atoms. The molecule has 1 aliphatic rings. The molecule has 1 amide bonds. The van der Waals surface area contributed by atoms with Gasteiger partial charge >= 0.3 is 0 Å². The van der Waals surface area contributed by atoms with Crippen LogP contribution in [-0.2, 0) is 6.54 Å². The van der Waals surface area contributed by atoms with Crippen molar-refractivity contribution >= 4 is 17.2 Å². The Hall–Kier alpha value is -2.57. The van der Waals surface area contributed by atoms with Crippen molar-refractivity contribution < 1.29 is 9.18 Å². The van der Waals surface area contributed by atoms with E-state index < -0.39 is 0 Å². The molecule has 1 saturated heterocycles. The Morgan fingerprint density at radius 2 is 1.70 bits per heavy atom. The summed E-state index contributed by atoms with van der Waals surface area (Å²) >= 11 is 1.67. The highest BCUT2D eigenvalue weighted by molar-refractivity contribution is 7.09. The Kier molecular flexibility index (Phi) is 5.27. The number of benzene rings is 2. The van der Waals surface area contributed by atoms with E-state index in [1.54, 1.807) is 23.5 Å². The van der Waals surface area contributed by atoms with Gasteiger partial charge in [0.15, 0.2) is 0 Å². The Balaban J connectivity index is 1.33. The van der Waals surface area contributed by atoms with Gasteiger partial charge in [-0.15, -0.1) is 11.3 Å². The highest BCUT2D eigenvalue weighted by Crippen LogP contribution is 2.23. The molecule has 0 spiro atoms. The number of thiazole rings is 1. The fraction of sp³-hybridized carbons (Fsp3) is 0.238. The summed E-state index contributed by atoms with van der Waals surface area (Å²) in [7, 11) is 0. The van der Waals surface area contributed by atoms with Crippen molar-refractivity contribution in [3.8, 4) is 11.3 Å². The van der Waals surface area contributed by atoms with Crippen LogP contribution in [0.25, 0.3) is 11.3 Å². The second kappa shape index (κ2) is 7.98. The maximum absolute atomic E-state index is 13.0. The molecule has 2 aromatic carbocycles. The number of carbonyl (C=O) groups excluding carboxylic acids is 1. The van der Waals surface area contributed by atoms with E-state index in [1.807, 2.05) is 23.1 Å². The van der Waals surface area contributed by atoms with Crippen LogP contribution in [0.5, 0.6) is 0 Å². The molecule has 0 radical (unpaired) electrons. The zero-order chi connectivity index (χ0) is 18.6. The van der Waals surface area contributed by atoms with Gasteiger partial charge in [0, 0.05) is 42.7 Å². The molecule has 138 valence electrons. The SMILES string of the molecule is O=C(c1ccc(F)cc1)N1CCN(Cc2nc(-c3ccccc3)cs2)CC1. The van der Waals surface area contributed by atoms with Gasteiger partial charge in [-0.2, -0.15) is 0 Å². The molecule has 0 saturated carbocycles. The molecule has 4 nitrogen and oxygen atoms in total. The molecule has 3 aromatic rings. The molecule has 0 aliphatic carbocycles. The van der Waals surface area contributed by atoms with E-state index >= 15 is 0 Å². The molecular formula is C21H20FN3OS. The summed E-state index contributed by atoms with van der Waals surface area (Å²) in [4.78, 5) is 21.4. The van der Waals surface area contributed by atoms with Crippen LogP contribution in [-0.4, -0.2) is 46.9 Å². The first kappa shape index (κ1) is 17.8. The summed E-state index contributed by atoms with van der Waals surface area (Å²) in [6.45, 7) is 3.77. The van der Waals surface area contributed by atoms with Gasteiger partial charge in [0.25, 0.3) is 5.91 Å². The fourth-order valence-corrected chi connectivity index (χ4v) is 4.05. The van der Waals surface area contributed by atoms with Crippen molar-refractivity contribution in [3.05, 3.63) is 76.4 Å². The lowest BCUT2D eigenvalue weighted by molar-refractivity contribution is 0.0628. The van der Waals surface area contributed by atoms with E-state index in [2.05, 4.69) is 22.4 Å². The molecule has 0 unspecified atom stereocenters. The zero-order valence-electron chi connectivity index (χ0n) is 14.8. The van der Waals surface area contributed by atoms with Crippen LogP contribution in [0.1, 0.15) is 15.4 Å². The number of hydrogen-bond donors (Lipinski definition) is 0. The second-order valence-electron chi connectivity index (χ2n) is 6.57. The first-order valence-corrected chi connectivity index (χ1v) is 9.84. The highest BCUT2D eigenvalue weighted by Gasteiger charge is 2.22. The van der Waals surface area contributed by atoms with Gasteiger partial charge in [-0.05, 0) is 24.3 Å². The molecule has 27 heavy (non-hydrogen) atoms. The summed E-state index contributed by atoms with van der Waals surface area (Å²) in [5.74, 6) is -0.357. The maximum Gasteiger partial charge on any atom is 0.253 e. The Morgan fingerprint density at radius 3 is 2.41 bits per heavy atom. The quantitative estimate of drug-likeness (QED) is 0.688. The number of hydrogen-bond acceptors (Lipinski definition) is 4. The molecule has 0 atom stereocenters. The van der Waals surface area contributed by atoms with Crippen LogP contribution in [0.4, 0.5) is 4.39 Å². The van der Waals surface area contributed by atoms with E-state index in [1.165, 1.54) is 12.1 Å². The molecule has 1 fully saturated rings. The number of halogens is 1. The van der Waals surface area contributed by atoms with Crippen molar-refractivity contribution in [1.29, 1.82) is 0 Å². The van der Waals surface area contributed by atoms with Crippen molar-refractivity contribution in [2.24, 2.45) is 0 Å². The lowest BCUT2D eigenvalue weighted by atomic mass is 10.2. The van der Waals surface area contributed by atoms with Crippen molar-refractivity contribution in [2.75, 3.05) is 26.2 Å². The number of rotatable bonds is 4. The molecule has 0 N–H and O–H groups in total. The third kappa shape index (κ3) is 4.23. The highest BCUT2D eigenvalue weighted by atomic mass is 32.1. The second-order valence-corrected chi connectivity index (χ2v) is 7.51. The first-order chi connectivity index (χ1) is 13.2. The Bertz CT molecular complexity index is 903. The lowest BCUT2D eigenvalue weighted by Gasteiger charge is -2.34. The van der Waals surface area contributed by atoms with Gasteiger partial charge < -0.3 is 4.90 Å². The average molecular weight is 381 g/mol. The minimum absolute atomic E-state index is 0.0322. The van der Waals surface area contributed by atoms with Gasteiger partial charge in [-0.1, -0.05) is 30.3 Å². The van der Waals surface area contributed by atoms with Gasteiger partial charge in [-0.3, -0.25) is 9.69 Å². The van der Waals surface area contributed by atoms with Crippen LogP contribution < -0.4 is 0 Å². The predicted molar refractivity (Wildman–Crippen MR) is 105 cm³/mol. The van der Waals surface area contributed by atoms with Crippen molar-refractivity contribution in [2.45, 2.75) is 6.54 Å². The summed E-state index contributed by atoms with van der Waals surface area (Å²) in [6.07, 6.45) is 0. The third-order valence-corrected chi connectivity index (χ3v) is 5.56. The van der Waals surface area contributed by atoms with Crippen LogP contribution in [0, 0.1) is 5.82 Å². The summed E-state index contributed by atoms with van der Waals surface area (Å²) in [6, 6.07) is 15.9. The lowest BCUT2D eigenvalue weighted by Crippen LogP contribution is -2.48. The predicted octanol–water partition coefficient (Wildman–Crippen LogP) is 3.91.